The maximum atomic E-state index is 13.1. The van der Waals surface area contributed by atoms with Gasteiger partial charge in [0.15, 0.2) is 5.69 Å². The molecule has 1 aliphatic rings. The number of alkyl halides is 5. The first-order valence-corrected chi connectivity index (χ1v) is 9.31. The number of hydrogen-bond donors (Lipinski definition) is 0. The molecular formula is C18H14ClF5N4O2. The Hall–Kier alpha value is -2.69. The largest absolute Gasteiger partial charge is 0.436 e. The molecule has 30 heavy (non-hydrogen) atoms. The van der Waals surface area contributed by atoms with Crippen LogP contribution in [0.15, 0.2) is 28.7 Å². The van der Waals surface area contributed by atoms with Crippen molar-refractivity contribution in [2.45, 2.75) is 44.5 Å². The van der Waals surface area contributed by atoms with Crippen LogP contribution in [0.5, 0.6) is 5.75 Å². The third-order valence-electron chi connectivity index (χ3n) is 4.49. The molecule has 4 rings (SSSR count). The van der Waals surface area contributed by atoms with Crippen LogP contribution in [0.2, 0.25) is 5.02 Å². The van der Waals surface area contributed by atoms with Crippen LogP contribution in [0.3, 0.4) is 0 Å². The van der Waals surface area contributed by atoms with Crippen molar-refractivity contribution in [1.29, 1.82) is 0 Å². The summed E-state index contributed by atoms with van der Waals surface area (Å²) in [5, 5.41) is 11.1. The molecule has 12 heteroatoms. The molecule has 0 amide bonds. The minimum absolute atomic E-state index is 0.0166. The normalized spacial score (nSPS) is 14.5. The van der Waals surface area contributed by atoms with Gasteiger partial charge in [-0.1, -0.05) is 11.6 Å². The third-order valence-corrected chi connectivity index (χ3v) is 4.87. The van der Waals surface area contributed by atoms with Gasteiger partial charge in [-0.2, -0.15) is 27.1 Å². The van der Waals surface area contributed by atoms with Crippen molar-refractivity contribution in [2.24, 2.45) is 0 Å². The van der Waals surface area contributed by atoms with Crippen molar-refractivity contribution in [2.75, 3.05) is 0 Å². The number of aromatic nitrogens is 4. The Balaban J connectivity index is 1.47. The van der Waals surface area contributed by atoms with Crippen molar-refractivity contribution in [3.05, 3.63) is 46.6 Å². The highest BCUT2D eigenvalue weighted by Crippen LogP contribution is 2.46. The quantitative estimate of drug-likeness (QED) is 0.457. The molecule has 0 N–H and O–H groups in total. The summed E-state index contributed by atoms with van der Waals surface area (Å²) in [4.78, 5) is 0. The molecule has 1 fully saturated rings. The van der Waals surface area contributed by atoms with Gasteiger partial charge >= 0.3 is 12.8 Å². The number of halogens is 6. The fourth-order valence-electron chi connectivity index (χ4n) is 3.00. The second kappa shape index (κ2) is 7.86. The third kappa shape index (κ3) is 4.40. The fourth-order valence-corrected chi connectivity index (χ4v) is 3.40. The van der Waals surface area contributed by atoms with Gasteiger partial charge in [0.25, 0.3) is 0 Å². The van der Waals surface area contributed by atoms with E-state index in [9.17, 15) is 22.0 Å². The maximum absolute atomic E-state index is 13.1. The summed E-state index contributed by atoms with van der Waals surface area (Å²) in [6.45, 7) is -2.84. The van der Waals surface area contributed by atoms with Crippen molar-refractivity contribution >= 4 is 11.6 Å². The molecule has 2 heterocycles. The van der Waals surface area contributed by atoms with Gasteiger partial charge < -0.3 is 9.15 Å². The summed E-state index contributed by atoms with van der Waals surface area (Å²) in [6, 6.07) is 5.61. The molecule has 0 bridgehead atoms. The van der Waals surface area contributed by atoms with Gasteiger partial charge in [-0.3, -0.25) is 4.68 Å². The first-order chi connectivity index (χ1) is 14.2. The fraction of sp³-hybridized carbons (Fsp3) is 0.389. The SMILES string of the molecule is FC(F)Oc1ccc(-c2nnc(CCn3nc(C(F)(F)F)c(Cl)c3C3CC3)o2)cc1. The molecular weight excluding hydrogens is 435 g/mol. The van der Waals surface area contributed by atoms with E-state index in [2.05, 4.69) is 20.0 Å². The Morgan fingerprint density at radius 2 is 1.87 bits per heavy atom. The lowest BCUT2D eigenvalue weighted by Crippen LogP contribution is -2.10. The van der Waals surface area contributed by atoms with Crippen LogP contribution in [0, 0.1) is 0 Å². The monoisotopic (exact) mass is 448 g/mol. The smallest absolute Gasteiger partial charge is 0.435 e. The van der Waals surface area contributed by atoms with Crippen LogP contribution in [0.4, 0.5) is 22.0 Å². The molecule has 0 aliphatic heterocycles. The zero-order valence-corrected chi connectivity index (χ0v) is 15.9. The summed E-state index contributed by atoms with van der Waals surface area (Å²) in [5.74, 6) is 0.288. The molecule has 1 aromatic carbocycles. The Morgan fingerprint density at radius 3 is 2.47 bits per heavy atom. The van der Waals surface area contributed by atoms with Gasteiger partial charge in [0.2, 0.25) is 11.8 Å². The summed E-state index contributed by atoms with van der Waals surface area (Å²) in [7, 11) is 0. The Labute approximate surface area is 171 Å². The van der Waals surface area contributed by atoms with E-state index in [4.69, 9.17) is 16.0 Å². The van der Waals surface area contributed by atoms with E-state index in [1.807, 2.05) is 0 Å². The number of aryl methyl sites for hydroxylation is 2. The molecule has 0 spiro atoms. The summed E-state index contributed by atoms with van der Waals surface area (Å²) in [6.07, 6.45) is -2.96. The Kier molecular flexibility index (Phi) is 5.39. The summed E-state index contributed by atoms with van der Waals surface area (Å²) in [5.41, 5.74) is -0.239. The molecule has 1 aliphatic carbocycles. The van der Waals surface area contributed by atoms with E-state index in [-0.39, 0.29) is 41.4 Å². The standard InChI is InChI=1S/C18H14ClF5N4O2/c19-13-14(9-1-2-9)28(27-15(13)18(22,23)24)8-7-12-25-26-16(30-12)10-3-5-11(6-4-10)29-17(20)21/h3-6,9,17H,1-2,7-8H2. The highest BCUT2D eigenvalue weighted by Gasteiger charge is 2.42. The Morgan fingerprint density at radius 1 is 1.17 bits per heavy atom. The molecule has 0 saturated heterocycles. The second-order valence-electron chi connectivity index (χ2n) is 6.70. The molecule has 0 atom stereocenters. The summed E-state index contributed by atoms with van der Waals surface area (Å²) >= 11 is 5.95. The van der Waals surface area contributed by atoms with E-state index in [0.29, 0.717) is 11.3 Å². The number of nitrogens with zero attached hydrogens (tertiary/aromatic N) is 4. The van der Waals surface area contributed by atoms with E-state index < -0.39 is 18.5 Å². The predicted molar refractivity (Wildman–Crippen MR) is 94.3 cm³/mol. The van der Waals surface area contributed by atoms with Gasteiger partial charge in [-0.25, -0.2) is 0 Å². The lowest BCUT2D eigenvalue weighted by Gasteiger charge is -2.05. The van der Waals surface area contributed by atoms with Crippen molar-refractivity contribution in [3.8, 4) is 17.2 Å². The zero-order valence-electron chi connectivity index (χ0n) is 15.2. The van der Waals surface area contributed by atoms with Crippen LogP contribution >= 0.6 is 11.6 Å². The van der Waals surface area contributed by atoms with Gasteiger partial charge in [0.05, 0.1) is 17.3 Å². The minimum Gasteiger partial charge on any atom is -0.435 e. The molecule has 3 aromatic rings. The van der Waals surface area contributed by atoms with Crippen molar-refractivity contribution in [1.82, 2.24) is 20.0 Å². The van der Waals surface area contributed by atoms with E-state index in [1.165, 1.54) is 28.9 Å². The van der Waals surface area contributed by atoms with Crippen LogP contribution in [0.1, 0.15) is 36.0 Å². The first kappa shape index (κ1) is 20.6. The van der Waals surface area contributed by atoms with E-state index >= 15 is 0 Å². The minimum atomic E-state index is -4.64. The number of ether oxygens (including phenoxy) is 1. The van der Waals surface area contributed by atoms with E-state index in [1.54, 1.807) is 0 Å². The van der Waals surface area contributed by atoms with Crippen LogP contribution < -0.4 is 4.74 Å². The molecule has 0 unspecified atom stereocenters. The van der Waals surface area contributed by atoms with Gasteiger partial charge in [0, 0.05) is 17.9 Å². The zero-order chi connectivity index (χ0) is 21.5. The van der Waals surface area contributed by atoms with Gasteiger partial charge in [0.1, 0.15) is 5.75 Å². The molecule has 1 saturated carbocycles. The predicted octanol–water partition coefficient (Wildman–Crippen LogP) is 5.33. The van der Waals surface area contributed by atoms with Gasteiger partial charge in [-0.15, -0.1) is 10.2 Å². The number of rotatable bonds is 7. The van der Waals surface area contributed by atoms with Crippen LogP contribution in [0.25, 0.3) is 11.5 Å². The topological polar surface area (TPSA) is 66.0 Å². The molecule has 160 valence electrons. The first-order valence-electron chi connectivity index (χ1n) is 8.93. The second-order valence-corrected chi connectivity index (χ2v) is 7.07. The lowest BCUT2D eigenvalue weighted by atomic mass is 10.2. The van der Waals surface area contributed by atoms with Crippen molar-refractivity contribution < 1.29 is 31.1 Å². The van der Waals surface area contributed by atoms with E-state index in [0.717, 1.165) is 12.8 Å². The van der Waals surface area contributed by atoms with Crippen LogP contribution in [-0.2, 0) is 19.1 Å². The number of hydrogen-bond acceptors (Lipinski definition) is 5. The number of benzene rings is 1. The van der Waals surface area contributed by atoms with Gasteiger partial charge in [-0.05, 0) is 37.1 Å². The van der Waals surface area contributed by atoms with Crippen LogP contribution in [-0.4, -0.2) is 26.6 Å². The molecule has 6 nitrogen and oxygen atoms in total. The average Bonchev–Trinajstić information content (AvgIpc) is 3.28. The highest BCUT2D eigenvalue weighted by atomic mass is 35.5. The highest BCUT2D eigenvalue weighted by molar-refractivity contribution is 6.32. The Bertz CT molecular complexity index is 1030. The molecule has 2 aromatic heterocycles. The molecule has 0 radical (unpaired) electrons. The lowest BCUT2D eigenvalue weighted by molar-refractivity contribution is -0.141. The summed E-state index contributed by atoms with van der Waals surface area (Å²) < 4.78 is 74.8. The van der Waals surface area contributed by atoms with Crippen molar-refractivity contribution in [3.63, 3.8) is 0 Å². The maximum Gasteiger partial charge on any atom is 0.436 e. The average molecular weight is 449 g/mol.